The Bertz CT molecular complexity index is 1260. The maximum Gasteiger partial charge on any atom is 0.255 e. The van der Waals surface area contributed by atoms with Crippen LogP contribution < -0.4 is 15.4 Å². The third-order valence-corrected chi connectivity index (χ3v) is 5.89. The smallest absolute Gasteiger partial charge is 0.255 e. The van der Waals surface area contributed by atoms with Crippen molar-refractivity contribution in [2.24, 2.45) is 0 Å². The molecule has 1 aliphatic heterocycles. The van der Waals surface area contributed by atoms with Crippen molar-refractivity contribution in [3.63, 3.8) is 0 Å². The van der Waals surface area contributed by atoms with Gasteiger partial charge in [-0.15, -0.1) is 0 Å². The summed E-state index contributed by atoms with van der Waals surface area (Å²) in [5, 5.41) is 7.25. The van der Waals surface area contributed by atoms with Gasteiger partial charge in [0.2, 0.25) is 5.88 Å². The molecule has 2 aromatic heterocycles. The second kappa shape index (κ2) is 10.3. The van der Waals surface area contributed by atoms with Gasteiger partial charge in [-0.05, 0) is 74.5 Å². The van der Waals surface area contributed by atoms with Crippen molar-refractivity contribution in [1.29, 1.82) is 0 Å². The Morgan fingerprint density at radius 1 is 0.912 bits per heavy atom. The van der Waals surface area contributed by atoms with Crippen LogP contribution in [0.3, 0.4) is 0 Å². The molecule has 1 saturated heterocycles. The van der Waals surface area contributed by atoms with Crippen molar-refractivity contribution in [2.75, 3.05) is 36.9 Å². The number of pyridine rings is 2. The molecule has 0 unspecified atom stereocenters. The summed E-state index contributed by atoms with van der Waals surface area (Å²) in [4.78, 5) is 23.8. The van der Waals surface area contributed by atoms with Crippen LogP contribution in [0.25, 0.3) is 11.0 Å². The molecule has 1 amide bonds. The molecular weight excluding hydrogens is 426 g/mol. The molecule has 0 radical (unpaired) electrons. The van der Waals surface area contributed by atoms with Crippen LogP contribution in [0, 0.1) is 0 Å². The first-order valence-corrected chi connectivity index (χ1v) is 11.6. The SMILES string of the molecule is O=C(Nc1ccc(Nc2ccnc3nc(OCCN4CCCC4)ccc23)cc1)c1ccccc1. The van der Waals surface area contributed by atoms with Crippen molar-refractivity contribution in [1.82, 2.24) is 14.9 Å². The van der Waals surface area contributed by atoms with Crippen molar-refractivity contribution >= 4 is 34.0 Å². The summed E-state index contributed by atoms with van der Waals surface area (Å²) in [5.41, 5.74) is 3.80. The fourth-order valence-corrected chi connectivity index (χ4v) is 4.07. The Morgan fingerprint density at radius 2 is 1.68 bits per heavy atom. The molecule has 2 N–H and O–H groups in total. The van der Waals surface area contributed by atoms with Crippen LogP contribution in [0.1, 0.15) is 23.2 Å². The summed E-state index contributed by atoms with van der Waals surface area (Å²) in [6.45, 7) is 3.87. The number of amides is 1. The highest BCUT2D eigenvalue weighted by molar-refractivity contribution is 6.04. The molecule has 0 aliphatic carbocycles. The van der Waals surface area contributed by atoms with E-state index in [1.54, 1.807) is 18.3 Å². The summed E-state index contributed by atoms with van der Waals surface area (Å²) < 4.78 is 5.86. The highest BCUT2D eigenvalue weighted by atomic mass is 16.5. The lowest BCUT2D eigenvalue weighted by Gasteiger charge is -2.15. The molecule has 5 rings (SSSR count). The Kier molecular flexibility index (Phi) is 6.63. The lowest BCUT2D eigenvalue weighted by Crippen LogP contribution is -2.25. The van der Waals surface area contributed by atoms with Crippen molar-refractivity contribution in [3.05, 3.63) is 84.6 Å². The minimum Gasteiger partial charge on any atom is -0.476 e. The zero-order chi connectivity index (χ0) is 23.2. The first kappa shape index (κ1) is 21.9. The highest BCUT2D eigenvalue weighted by Gasteiger charge is 2.12. The molecule has 34 heavy (non-hydrogen) atoms. The van der Waals surface area contributed by atoms with E-state index in [4.69, 9.17) is 4.74 Å². The van der Waals surface area contributed by atoms with E-state index in [0.717, 1.165) is 42.1 Å². The van der Waals surface area contributed by atoms with E-state index in [1.807, 2.05) is 60.7 Å². The molecule has 0 atom stereocenters. The monoisotopic (exact) mass is 453 g/mol. The predicted molar refractivity (Wildman–Crippen MR) is 135 cm³/mol. The molecule has 1 aliphatic rings. The van der Waals surface area contributed by atoms with E-state index in [9.17, 15) is 4.79 Å². The van der Waals surface area contributed by atoms with E-state index in [-0.39, 0.29) is 5.91 Å². The van der Waals surface area contributed by atoms with Crippen LogP contribution in [0.15, 0.2) is 79.0 Å². The van der Waals surface area contributed by atoms with Gasteiger partial charge in [-0.2, -0.15) is 4.98 Å². The second-order valence-corrected chi connectivity index (χ2v) is 8.30. The molecule has 3 heterocycles. The van der Waals surface area contributed by atoms with Gasteiger partial charge in [-0.3, -0.25) is 9.69 Å². The van der Waals surface area contributed by atoms with Gasteiger partial charge in [0.1, 0.15) is 6.61 Å². The summed E-state index contributed by atoms with van der Waals surface area (Å²) in [6.07, 6.45) is 4.29. The number of hydrogen-bond donors (Lipinski definition) is 2. The molecule has 0 bridgehead atoms. The topological polar surface area (TPSA) is 79.4 Å². The first-order chi connectivity index (χ1) is 16.7. The lowest BCUT2D eigenvalue weighted by atomic mass is 10.2. The van der Waals surface area contributed by atoms with Crippen LogP contribution in [0.4, 0.5) is 17.1 Å². The maximum absolute atomic E-state index is 12.3. The third kappa shape index (κ3) is 5.32. The summed E-state index contributed by atoms with van der Waals surface area (Å²) >= 11 is 0. The van der Waals surface area contributed by atoms with Gasteiger partial charge in [0.05, 0.1) is 5.69 Å². The molecule has 7 nitrogen and oxygen atoms in total. The molecular formula is C27H27N5O2. The first-order valence-electron chi connectivity index (χ1n) is 11.6. The number of rotatable bonds is 8. The van der Waals surface area contributed by atoms with Crippen molar-refractivity contribution in [3.8, 4) is 5.88 Å². The molecule has 7 heteroatoms. The van der Waals surface area contributed by atoms with Gasteiger partial charge >= 0.3 is 0 Å². The number of benzene rings is 2. The van der Waals surface area contributed by atoms with Gasteiger partial charge in [-0.1, -0.05) is 18.2 Å². The fraction of sp³-hybridized carbons (Fsp3) is 0.222. The molecule has 1 fully saturated rings. The number of carbonyl (C=O) groups excluding carboxylic acids is 1. The highest BCUT2D eigenvalue weighted by Crippen LogP contribution is 2.26. The van der Waals surface area contributed by atoms with E-state index in [0.29, 0.717) is 23.7 Å². The van der Waals surface area contributed by atoms with Gasteiger partial charge in [0.25, 0.3) is 5.91 Å². The zero-order valence-electron chi connectivity index (χ0n) is 18.9. The number of fused-ring (bicyclic) bond motifs is 1. The quantitative estimate of drug-likeness (QED) is 0.386. The number of carbonyl (C=O) groups is 1. The number of ether oxygens (including phenoxy) is 1. The number of nitrogens with zero attached hydrogens (tertiary/aromatic N) is 3. The molecule has 4 aromatic rings. The summed E-state index contributed by atoms with van der Waals surface area (Å²) in [7, 11) is 0. The Morgan fingerprint density at radius 3 is 2.47 bits per heavy atom. The average molecular weight is 454 g/mol. The van der Waals surface area contributed by atoms with Gasteiger partial charge in [0, 0.05) is 41.1 Å². The van der Waals surface area contributed by atoms with Crippen LogP contribution in [0.5, 0.6) is 5.88 Å². The maximum atomic E-state index is 12.3. The Labute approximate surface area is 198 Å². The van der Waals surface area contributed by atoms with Crippen LogP contribution in [-0.4, -0.2) is 47.0 Å². The van der Waals surface area contributed by atoms with E-state index in [2.05, 4.69) is 25.5 Å². The Hall–Kier alpha value is -3.97. The van der Waals surface area contributed by atoms with Gasteiger partial charge < -0.3 is 15.4 Å². The lowest BCUT2D eigenvalue weighted by molar-refractivity contribution is 0.102. The standard InChI is InChI=1S/C27H27N5O2/c33-27(20-6-2-1-3-7-20)30-22-10-8-21(9-11-22)29-24-14-15-28-26-23(24)12-13-25(31-26)34-19-18-32-16-4-5-17-32/h1-3,6-15H,4-5,16-19H2,(H,30,33)(H,28,29,31). The number of nitrogens with one attached hydrogen (secondary N) is 2. The van der Waals surface area contributed by atoms with Crippen molar-refractivity contribution in [2.45, 2.75) is 12.8 Å². The molecule has 2 aromatic carbocycles. The second-order valence-electron chi connectivity index (χ2n) is 8.30. The Balaban J connectivity index is 1.23. The van der Waals surface area contributed by atoms with Gasteiger partial charge in [0.15, 0.2) is 5.65 Å². The van der Waals surface area contributed by atoms with Crippen molar-refractivity contribution < 1.29 is 9.53 Å². The van der Waals surface area contributed by atoms with Crippen LogP contribution >= 0.6 is 0 Å². The zero-order valence-corrected chi connectivity index (χ0v) is 18.9. The fourth-order valence-electron chi connectivity index (χ4n) is 4.07. The van der Waals surface area contributed by atoms with Crippen LogP contribution in [-0.2, 0) is 0 Å². The molecule has 172 valence electrons. The van der Waals surface area contributed by atoms with Crippen LogP contribution in [0.2, 0.25) is 0 Å². The largest absolute Gasteiger partial charge is 0.476 e. The summed E-state index contributed by atoms with van der Waals surface area (Å²) in [6, 6.07) is 22.6. The van der Waals surface area contributed by atoms with E-state index >= 15 is 0 Å². The normalized spacial score (nSPS) is 13.6. The number of likely N-dealkylation sites (tertiary alicyclic amines) is 1. The predicted octanol–water partition coefficient (Wildman–Crippen LogP) is 5.10. The summed E-state index contributed by atoms with van der Waals surface area (Å²) in [5.74, 6) is 0.459. The average Bonchev–Trinajstić information content (AvgIpc) is 3.39. The minimum atomic E-state index is -0.133. The minimum absolute atomic E-state index is 0.133. The number of anilines is 3. The third-order valence-electron chi connectivity index (χ3n) is 5.89. The van der Waals surface area contributed by atoms with E-state index in [1.165, 1.54) is 12.8 Å². The molecule has 0 spiro atoms. The van der Waals surface area contributed by atoms with Gasteiger partial charge in [-0.25, -0.2) is 4.98 Å². The number of hydrogen-bond acceptors (Lipinski definition) is 6. The molecule has 0 saturated carbocycles. The van der Waals surface area contributed by atoms with E-state index < -0.39 is 0 Å². The number of aromatic nitrogens is 2.